The first-order valence-corrected chi connectivity index (χ1v) is 11.7. The molecule has 1 aromatic heterocycles. The van der Waals surface area contributed by atoms with Gasteiger partial charge < -0.3 is 10.5 Å². The molecule has 0 aliphatic heterocycles. The number of amides is 1. The van der Waals surface area contributed by atoms with E-state index in [2.05, 4.69) is 4.98 Å². The number of rotatable bonds is 9. The minimum absolute atomic E-state index is 0.0745. The Morgan fingerprint density at radius 1 is 0.917 bits per heavy atom. The number of H-pyrrole nitrogens is 1. The molecule has 1 amide bonds. The molecule has 0 radical (unpaired) electrons. The lowest BCUT2D eigenvalue weighted by atomic mass is 10.1. The van der Waals surface area contributed by atoms with Crippen molar-refractivity contribution in [1.29, 1.82) is 0 Å². The van der Waals surface area contributed by atoms with Crippen LogP contribution in [0.3, 0.4) is 0 Å². The minimum Gasteiger partial charge on any atom is -0.481 e. The molecular formula is C28H28N4O4. The Labute approximate surface area is 208 Å². The van der Waals surface area contributed by atoms with Gasteiger partial charge in [0.2, 0.25) is 0 Å². The lowest BCUT2D eigenvalue weighted by Gasteiger charge is -2.28. The van der Waals surface area contributed by atoms with Crippen molar-refractivity contribution in [3.8, 4) is 5.75 Å². The molecule has 184 valence electrons. The van der Waals surface area contributed by atoms with Gasteiger partial charge in [-0.05, 0) is 29.7 Å². The summed E-state index contributed by atoms with van der Waals surface area (Å²) in [6.07, 6.45) is -0.509. The Bertz CT molecular complexity index is 1420. The number of ether oxygens (including phenoxy) is 1. The van der Waals surface area contributed by atoms with E-state index in [0.29, 0.717) is 12.2 Å². The van der Waals surface area contributed by atoms with E-state index >= 15 is 0 Å². The lowest BCUT2D eigenvalue weighted by Crippen LogP contribution is -2.46. The van der Waals surface area contributed by atoms with E-state index in [1.807, 2.05) is 85.8 Å². The Hall–Kier alpha value is -4.59. The van der Waals surface area contributed by atoms with Crippen LogP contribution in [-0.2, 0) is 17.9 Å². The Morgan fingerprint density at radius 3 is 2.06 bits per heavy atom. The lowest BCUT2D eigenvalue weighted by molar-refractivity contribution is -0.125. The Morgan fingerprint density at radius 2 is 1.47 bits per heavy atom. The average Bonchev–Trinajstić information content (AvgIpc) is 2.90. The second-order valence-corrected chi connectivity index (χ2v) is 8.30. The second kappa shape index (κ2) is 11.2. The highest BCUT2D eigenvalue weighted by molar-refractivity contribution is 5.98. The van der Waals surface area contributed by atoms with Gasteiger partial charge in [-0.3, -0.25) is 24.0 Å². The average molecular weight is 485 g/mol. The fourth-order valence-corrected chi connectivity index (χ4v) is 3.94. The van der Waals surface area contributed by atoms with E-state index in [1.165, 1.54) is 9.47 Å². The number of anilines is 2. The van der Waals surface area contributed by atoms with Gasteiger partial charge in [-0.1, -0.05) is 85.8 Å². The highest BCUT2D eigenvalue weighted by atomic mass is 16.5. The predicted molar refractivity (Wildman–Crippen MR) is 140 cm³/mol. The van der Waals surface area contributed by atoms with Crippen LogP contribution in [0.1, 0.15) is 24.5 Å². The van der Waals surface area contributed by atoms with E-state index in [4.69, 9.17) is 10.5 Å². The molecule has 3 aromatic carbocycles. The molecule has 4 aromatic rings. The molecule has 0 saturated carbocycles. The van der Waals surface area contributed by atoms with Crippen LogP contribution < -0.4 is 26.6 Å². The second-order valence-electron chi connectivity index (χ2n) is 8.30. The summed E-state index contributed by atoms with van der Waals surface area (Å²) in [5.41, 5.74) is 6.57. The largest absolute Gasteiger partial charge is 0.481 e. The molecular weight excluding hydrogens is 456 g/mol. The van der Waals surface area contributed by atoms with Crippen molar-refractivity contribution in [1.82, 2.24) is 9.55 Å². The van der Waals surface area contributed by atoms with Gasteiger partial charge in [0.25, 0.3) is 11.5 Å². The summed E-state index contributed by atoms with van der Waals surface area (Å²) in [7, 11) is 0. The molecule has 36 heavy (non-hydrogen) atoms. The minimum atomic E-state index is -0.871. The summed E-state index contributed by atoms with van der Waals surface area (Å²) in [5.74, 6) is 0.00653. The Balaban J connectivity index is 1.78. The number of hydrogen-bond donors (Lipinski definition) is 2. The van der Waals surface area contributed by atoms with Crippen molar-refractivity contribution in [3.05, 3.63) is 123 Å². The van der Waals surface area contributed by atoms with E-state index in [-0.39, 0.29) is 24.6 Å². The van der Waals surface area contributed by atoms with E-state index < -0.39 is 23.3 Å². The van der Waals surface area contributed by atoms with Gasteiger partial charge in [-0.2, -0.15) is 0 Å². The zero-order valence-electron chi connectivity index (χ0n) is 20.0. The van der Waals surface area contributed by atoms with Gasteiger partial charge in [0.1, 0.15) is 11.6 Å². The number of aromatic amines is 1. The highest BCUT2D eigenvalue weighted by Crippen LogP contribution is 2.23. The van der Waals surface area contributed by atoms with Crippen molar-refractivity contribution in [2.45, 2.75) is 32.5 Å². The molecule has 4 rings (SSSR count). The fraction of sp³-hybridized carbons (Fsp3) is 0.179. The number of nitrogens with one attached hydrogen (secondary N) is 1. The number of carbonyl (C=O) groups is 1. The maximum Gasteiger partial charge on any atom is 0.330 e. The molecule has 1 unspecified atom stereocenters. The van der Waals surface area contributed by atoms with Gasteiger partial charge in [-0.15, -0.1) is 0 Å². The number of carbonyl (C=O) groups excluding carboxylic acids is 1. The molecule has 1 heterocycles. The Kier molecular flexibility index (Phi) is 7.65. The molecule has 0 saturated heterocycles. The normalized spacial score (nSPS) is 11.6. The van der Waals surface area contributed by atoms with Crippen molar-refractivity contribution in [2.75, 3.05) is 10.6 Å². The van der Waals surface area contributed by atoms with Crippen molar-refractivity contribution in [3.63, 3.8) is 0 Å². The summed E-state index contributed by atoms with van der Waals surface area (Å²) in [5, 5.41) is 0. The van der Waals surface area contributed by atoms with Gasteiger partial charge >= 0.3 is 5.69 Å². The van der Waals surface area contributed by atoms with Crippen LogP contribution in [0.4, 0.5) is 11.5 Å². The first kappa shape index (κ1) is 24.5. The van der Waals surface area contributed by atoms with E-state index in [9.17, 15) is 14.4 Å². The SMILES string of the molecule is CCC(Oc1ccccc1)C(=O)N(Cc1ccccc1)c1c(N)n(Cc2ccccc2)c(=O)[nH]c1=O. The number of para-hydroxylation sites is 1. The molecule has 8 heteroatoms. The fourth-order valence-electron chi connectivity index (χ4n) is 3.94. The molecule has 1 atom stereocenters. The number of benzene rings is 3. The van der Waals surface area contributed by atoms with Gasteiger partial charge in [0.15, 0.2) is 11.8 Å². The third kappa shape index (κ3) is 5.55. The number of nitrogens with two attached hydrogens (primary N) is 1. The zero-order chi connectivity index (χ0) is 25.5. The van der Waals surface area contributed by atoms with Crippen LogP contribution in [0.2, 0.25) is 0 Å². The molecule has 0 aliphatic carbocycles. The first-order valence-electron chi connectivity index (χ1n) is 11.7. The van der Waals surface area contributed by atoms with Crippen LogP contribution in [0, 0.1) is 0 Å². The van der Waals surface area contributed by atoms with Crippen molar-refractivity contribution >= 4 is 17.4 Å². The molecule has 8 nitrogen and oxygen atoms in total. The van der Waals surface area contributed by atoms with Crippen LogP contribution in [-0.4, -0.2) is 21.6 Å². The van der Waals surface area contributed by atoms with Crippen LogP contribution in [0.15, 0.2) is 101 Å². The van der Waals surface area contributed by atoms with Crippen LogP contribution in [0.25, 0.3) is 0 Å². The van der Waals surface area contributed by atoms with Crippen LogP contribution in [0.5, 0.6) is 5.75 Å². The van der Waals surface area contributed by atoms with Crippen molar-refractivity contribution in [2.24, 2.45) is 0 Å². The molecule has 3 N–H and O–H groups in total. The highest BCUT2D eigenvalue weighted by Gasteiger charge is 2.30. The maximum atomic E-state index is 13.8. The van der Waals surface area contributed by atoms with E-state index in [0.717, 1.165) is 11.1 Å². The third-order valence-corrected chi connectivity index (χ3v) is 5.78. The summed E-state index contributed by atoms with van der Waals surface area (Å²) in [6, 6.07) is 27.5. The summed E-state index contributed by atoms with van der Waals surface area (Å²) in [4.78, 5) is 43.3. The van der Waals surface area contributed by atoms with Gasteiger partial charge in [0, 0.05) is 0 Å². The monoisotopic (exact) mass is 484 g/mol. The van der Waals surface area contributed by atoms with E-state index in [1.54, 1.807) is 12.1 Å². The molecule has 0 spiro atoms. The summed E-state index contributed by atoms with van der Waals surface area (Å²) >= 11 is 0. The number of aromatic nitrogens is 2. The number of nitrogen functional groups attached to an aromatic ring is 1. The van der Waals surface area contributed by atoms with Gasteiger partial charge in [0.05, 0.1) is 13.1 Å². The first-order chi connectivity index (χ1) is 17.5. The van der Waals surface area contributed by atoms with Crippen LogP contribution >= 0.6 is 0 Å². The topological polar surface area (TPSA) is 110 Å². The smallest absolute Gasteiger partial charge is 0.330 e. The van der Waals surface area contributed by atoms with Crippen molar-refractivity contribution < 1.29 is 9.53 Å². The zero-order valence-corrected chi connectivity index (χ0v) is 20.0. The predicted octanol–water partition coefficient (Wildman–Crippen LogP) is 3.56. The standard InChI is InChI=1S/C28H28N4O4/c1-2-23(36-22-16-10-5-11-17-22)27(34)31(18-20-12-6-3-7-13-20)24-25(29)32(28(35)30-26(24)33)19-21-14-8-4-9-15-21/h3-17,23H,2,18-19,29H2,1H3,(H,30,33,35). The molecule has 0 fully saturated rings. The molecule has 0 aliphatic rings. The summed E-state index contributed by atoms with van der Waals surface area (Å²) in [6.45, 7) is 2.04. The molecule has 0 bridgehead atoms. The third-order valence-electron chi connectivity index (χ3n) is 5.78. The number of nitrogens with zero attached hydrogens (tertiary/aromatic N) is 2. The maximum absolute atomic E-state index is 13.8. The quantitative estimate of drug-likeness (QED) is 0.377. The summed E-state index contributed by atoms with van der Waals surface area (Å²) < 4.78 is 7.24. The van der Waals surface area contributed by atoms with Gasteiger partial charge in [-0.25, -0.2) is 4.79 Å². The number of hydrogen-bond acceptors (Lipinski definition) is 5.